The molecule has 0 amide bonds. The molecule has 0 atom stereocenters. The van der Waals surface area contributed by atoms with Gasteiger partial charge in [0, 0.05) is 6.08 Å². The van der Waals surface area contributed by atoms with Crippen LogP contribution in [0.2, 0.25) is 0 Å². The van der Waals surface area contributed by atoms with Crippen LogP contribution in [-0.4, -0.2) is 5.97 Å². The number of hydrogen-bond donors (Lipinski definition) is 0. The van der Waals surface area contributed by atoms with Gasteiger partial charge < -0.3 is 4.74 Å². The predicted octanol–water partition coefficient (Wildman–Crippen LogP) is 0.194. The third-order valence-electron chi connectivity index (χ3n) is 0.313. The van der Waals surface area contributed by atoms with Crippen LogP contribution in [0.5, 0.6) is 0 Å². The quantitative estimate of drug-likeness (QED) is 0.235. The molecule has 0 aromatic heterocycles. The maximum atomic E-state index is 9.85. The van der Waals surface area contributed by atoms with Crippen LogP contribution in [0.15, 0.2) is 12.7 Å². The summed E-state index contributed by atoms with van der Waals surface area (Å²) in [5.74, 6) is -0.720. The van der Waals surface area contributed by atoms with E-state index in [-0.39, 0.29) is 16.5 Å². The van der Waals surface area contributed by atoms with E-state index in [9.17, 15) is 4.79 Å². The molecule has 0 aromatic rings. The van der Waals surface area contributed by atoms with Crippen molar-refractivity contribution in [3.8, 4) is 6.26 Å². The van der Waals surface area contributed by atoms with Gasteiger partial charge in [-0.2, -0.15) is 0 Å². The van der Waals surface area contributed by atoms with Gasteiger partial charge in [0.15, 0.2) is 0 Å². The van der Waals surface area contributed by atoms with Crippen LogP contribution in [-0.2, 0) is 26.0 Å². The maximum absolute atomic E-state index is 9.85. The minimum Gasteiger partial charge on any atom is -0.347 e. The second kappa shape index (κ2) is 6.19. The summed E-state index contributed by atoms with van der Waals surface area (Å²) in [7, 11) is 0. The number of nitrogens with zero attached hydrogens (tertiary/aromatic N) is 1. The number of rotatable bonds is 1. The van der Waals surface area contributed by atoms with Crippen LogP contribution in [0.1, 0.15) is 0 Å². The first kappa shape index (κ1) is 10.2. The molecule has 0 aliphatic rings. The fourth-order valence-electron chi connectivity index (χ4n) is 0.0867. The summed E-state index contributed by atoms with van der Waals surface area (Å²) in [6.07, 6.45) is 2.12. The summed E-state index contributed by atoms with van der Waals surface area (Å²) < 4.78 is 3.74. The Morgan fingerprint density at radius 1 is 1.88 bits per heavy atom. The van der Waals surface area contributed by atoms with Crippen molar-refractivity contribution in [3.05, 3.63) is 12.7 Å². The predicted molar refractivity (Wildman–Crippen MR) is 21.9 cm³/mol. The SMILES string of the molecule is C=CC(=O)OC#N.[Ni+2]. The van der Waals surface area contributed by atoms with E-state index in [1.54, 1.807) is 0 Å². The minimum atomic E-state index is -0.720. The zero-order valence-electron chi connectivity index (χ0n) is 3.86. The van der Waals surface area contributed by atoms with E-state index in [0.29, 0.717) is 0 Å². The molecule has 0 N–H and O–H groups in total. The molecule has 8 heavy (non-hydrogen) atoms. The first-order valence-electron chi connectivity index (χ1n) is 1.53. The molecule has 0 saturated heterocycles. The van der Waals surface area contributed by atoms with Crippen molar-refractivity contribution >= 4 is 5.97 Å². The number of hydrogen-bond acceptors (Lipinski definition) is 3. The average Bonchev–Trinajstić information content (AvgIpc) is 1.68. The maximum Gasteiger partial charge on any atom is 2.00 e. The van der Waals surface area contributed by atoms with Crippen molar-refractivity contribution in [1.82, 2.24) is 0 Å². The Morgan fingerprint density at radius 3 is 2.50 bits per heavy atom. The molecule has 0 spiro atoms. The Hall–Kier alpha value is -0.806. The number of nitriles is 1. The van der Waals surface area contributed by atoms with E-state index in [1.165, 1.54) is 6.26 Å². The van der Waals surface area contributed by atoms with Crippen molar-refractivity contribution in [1.29, 1.82) is 5.26 Å². The molecule has 0 aromatic carbocycles. The van der Waals surface area contributed by atoms with Crippen LogP contribution < -0.4 is 0 Å². The first-order valence-corrected chi connectivity index (χ1v) is 1.53. The van der Waals surface area contributed by atoms with E-state index in [2.05, 4.69) is 11.3 Å². The summed E-state index contributed by atoms with van der Waals surface area (Å²) >= 11 is 0. The van der Waals surface area contributed by atoms with Gasteiger partial charge >= 0.3 is 22.5 Å². The van der Waals surface area contributed by atoms with E-state index < -0.39 is 5.97 Å². The molecule has 0 aliphatic carbocycles. The van der Waals surface area contributed by atoms with Crippen LogP contribution in [0.4, 0.5) is 0 Å². The molecule has 0 saturated carbocycles. The van der Waals surface area contributed by atoms with Gasteiger partial charge in [-0.25, -0.2) is 4.79 Å². The van der Waals surface area contributed by atoms with E-state index in [4.69, 9.17) is 5.26 Å². The molecule has 0 rings (SSSR count). The summed E-state index contributed by atoms with van der Waals surface area (Å²) in [5, 5.41) is 7.63. The molecule has 3 nitrogen and oxygen atoms in total. The minimum absolute atomic E-state index is 0. The molecule has 0 heterocycles. The third-order valence-corrected chi connectivity index (χ3v) is 0.313. The monoisotopic (exact) mass is 155 g/mol. The molecule has 0 unspecified atom stereocenters. The summed E-state index contributed by atoms with van der Waals surface area (Å²) in [6.45, 7) is 3.05. The summed E-state index contributed by atoms with van der Waals surface area (Å²) in [4.78, 5) is 9.85. The normalized spacial score (nSPS) is 5.38. The Bertz CT molecular complexity index is 126. The van der Waals surface area contributed by atoms with Gasteiger partial charge in [-0.15, -0.1) is 5.26 Å². The fraction of sp³-hybridized carbons (Fsp3) is 0. The smallest absolute Gasteiger partial charge is 0.347 e. The van der Waals surface area contributed by atoms with Gasteiger partial charge in [-0.3, -0.25) is 0 Å². The van der Waals surface area contributed by atoms with Gasteiger partial charge in [-0.05, 0) is 0 Å². The Morgan fingerprint density at radius 2 is 2.38 bits per heavy atom. The van der Waals surface area contributed by atoms with Crippen molar-refractivity contribution in [2.24, 2.45) is 0 Å². The molecule has 0 radical (unpaired) electrons. The molecule has 4 heteroatoms. The molecule has 0 bridgehead atoms. The average molecular weight is 156 g/mol. The Balaban J connectivity index is 0. The van der Waals surface area contributed by atoms with Crippen LogP contribution >= 0.6 is 0 Å². The number of carbonyl (C=O) groups excluding carboxylic acids is 1. The Labute approximate surface area is 56.9 Å². The van der Waals surface area contributed by atoms with Gasteiger partial charge in [0.2, 0.25) is 0 Å². The summed E-state index contributed by atoms with van der Waals surface area (Å²) in [6, 6.07) is 0. The van der Waals surface area contributed by atoms with Crippen molar-refractivity contribution < 1.29 is 26.0 Å². The number of carbonyl (C=O) groups is 1. The van der Waals surface area contributed by atoms with Gasteiger partial charge in [-0.1, -0.05) is 6.58 Å². The second-order valence-electron chi connectivity index (χ2n) is 0.717. The molecule has 0 fully saturated rings. The van der Waals surface area contributed by atoms with Crippen LogP contribution in [0.25, 0.3) is 0 Å². The van der Waals surface area contributed by atoms with Gasteiger partial charge in [0.1, 0.15) is 0 Å². The van der Waals surface area contributed by atoms with Crippen molar-refractivity contribution in [3.63, 3.8) is 0 Å². The van der Waals surface area contributed by atoms with Crippen molar-refractivity contribution in [2.75, 3.05) is 0 Å². The number of esters is 1. The standard InChI is InChI=1S/C4H3NO2.Ni/c1-2-4(6)7-3-5;/h2H,1H2;/q;+2. The van der Waals surface area contributed by atoms with E-state index in [0.717, 1.165) is 6.08 Å². The number of ether oxygens (including phenoxy) is 1. The first-order chi connectivity index (χ1) is 3.31. The second-order valence-corrected chi connectivity index (χ2v) is 0.717. The fourth-order valence-corrected chi connectivity index (χ4v) is 0.0867. The van der Waals surface area contributed by atoms with Gasteiger partial charge in [0.25, 0.3) is 6.26 Å². The Kier molecular flexibility index (Phi) is 7.92. The van der Waals surface area contributed by atoms with E-state index >= 15 is 0 Å². The van der Waals surface area contributed by atoms with Gasteiger partial charge in [0.05, 0.1) is 0 Å². The molecule has 44 valence electrons. The summed E-state index contributed by atoms with van der Waals surface area (Å²) in [5.41, 5.74) is 0. The third kappa shape index (κ3) is 5.19. The molecular formula is C4H3NNiO2+2. The largest absolute Gasteiger partial charge is 2.00 e. The molecular weight excluding hydrogens is 153 g/mol. The topological polar surface area (TPSA) is 50.1 Å². The van der Waals surface area contributed by atoms with Crippen LogP contribution in [0, 0.1) is 11.5 Å². The van der Waals surface area contributed by atoms with Crippen molar-refractivity contribution in [2.45, 2.75) is 0 Å². The molecule has 0 aliphatic heterocycles. The zero-order valence-corrected chi connectivity index (χ0v) is 4.85. The van der Waals surface area contributed by atoms with Crippen LogP contribution in [0.3, 0.4) is 0 Å². The van der Waals surface area contributed by atoms with E-state index in [1.807, 2.05) is 0 Å². The zero-order chi connectivity index (χ0) is 5.70.